The fourth-order valence-electron chi connectivity index (χ4n) is 0.607. The van der Waals surface area contributed by atoms with E-state index in [1.165, 1.54) is 0 Å². The third-order valence-electron chi connectivity index (χ3n) is 1.07. The maximum atomic E-state index is 10.3. The number of aryl methyl sites for hydroxylation is 1. The molecule has 0 aromatic carbocycles. The van der Waals surface area contributed by atoms with Gasteiger partial charge >= 0.3 is 0 Å². The number of amides is 1. The second-order valence-electron chi connectivity index (χ2n) is 1.89. The molecule has 0 atom stereocenters. The van der Waals surface area contributed by atoms with Crippen molar-refractivity contribution < 1.29 is 4.79 Å². The summed E-state index contributed by atoms with van der Waals surface area (Å²) >= 11 is 1.55. The Morgan fingerprint density at radius 1 is 1.73 bits per heavy atom. The van der Waals surface area contributed by atoms with Crippen molar-refractivity contribution >= 4 is 29.7 Å². The Morgan fingerprint density at radius 2 is 2.45 bits per heavy atom. The van der Waals surface area contributed by atoms with E-state index in [0.29, 0.717) is 12.8 Å². The molecule has 1 amide bonds. The first-order valence-corrected chi connectivity index (χ1v) is 3.83. The summed E-state index contributed by atoms with van der Waals surface area (Å²) in [5.41, 5.74) is 4.95. The molecule has 0 aliphatic carbocycles. The summed E-state index contributed by atoms with van der Waals surface area (Å²) < 4.78 is 0. The van der Waals surface area contributed by atoms with Gasteiger partial charge < -0.3 is 5.73 Å². The lowest BCUT2D eigenvalue weighted by atomic mass is 10.3. The summed E-state index contributed by atoms with van der Waals surface area (Å²) in [5, 5.41) is 2.86. The molecule has 0 radical (unpaired) electrons. The molecule has 62 valence electrons. The van der Waals surface area contributed by atoms with Gasteiger partial charge in [-0.25, -0.2) is 4.98 Å². The molecule has 0 spiro atoms. The first-order chi connectivity index (χ1) is 4.79. The van der Waals surface area contributed by atoms with Crippen LogP contribution in [0.25, 0.3) is 0 Å². The van der Waals surface area contributed by atoms with E-state index in [2.05, 4.69) is 4.98 Å². The Labute approximate surface area is 75.0 Å². The minimum atomic E-state index is -0.268. The van der Waals surface area contributed by atoms with Crippen LogP contribution in [0.15, 0.2) is 11.6 Å². The van der Waals surface area contributed by atoms with Gasteiger partial charge in [0.15, 0.2) is 0 Å². The van der Waals surface area contributed by atoms with Crippen molar-refractivity contribution in [1.29, 1.82) is 0 Å². The van der Waals surface area contributed by atoms with Crippen LogP contribution in [0, 0.1) is 0 Å². The summed E-state index contributed by atoms with van der Waals surface area (Å²) in [6.07, 6.45) is 2.79. The number of hydrogen-bond acceptors (Lipinski definition) is 3. The van der Waals surface area contributed by atoms with E-state index >= 15 is 0 Å². The van der Waals surface area contributed by atoms with E-state index in [1.807, 2.05) is 5.38 Å². The minimum Gasteiger partial charge on any atom is -0.370 e. The van der Waals surface area contributed by atoms with Crippen molar-refractivity contribution in [2.24, 2.45) is 5.73 Å². The van der Waals surface area contributed by atoms with Gasteiger partial charge in [0.05, 0.1) is 5.01 Å². The molecular formula is C6H9ClN2OS. The van der Waals surface area contributed by atoms with Gasteiger partial charge in [-0.05, 0) is 0 Å². The minimum absolute atomic E-state index is 0. The van der Waals surface area contributed by atoms with Crippen molar-refractivity contribution in [3.05, 3.63) is 16.6 Å². The van der Waals surface area contributed by atoms with Gasteiger partial charge in [0, 0.05) is 24.4 Å². The van der Waals surface area contributed by atoms with Gasteiger partial charge in [0.25, 0.3) is 0 Å². The van der Waals surface area contributed by atoms with Crippen LogP contribution in [-0.2, 0) is 11.2 Å². The van der Waals surface area contributed by atoms with Crippen LogP contribution in [0.2, 0.25) is 0 Å². The molecule has 0 unspecified atom stereocenters. The summed E-state index contributed by atoms with van der Waals surface area (Å²) in [6.45, 7) is 0. The van der Waals surface area contributed by atoms with Crippen molar-refractivity contribution in [2.45, 2.75) is 12.8 Å². The Kier molecular flexibility index (Phi) is 4.81. The molecule has 0 aliphatic rings. The quantitative estimate of drug-likeness (QED) is 0.777. The molecule has 1 heterocycles. The lowest BCUT2D eigenvalue weighted by Crippen LogP contribution is -2.10. The number of rotatable bonds is 3. The number of carbonyl (C=O) groups is 1. The van der Waals surface area contributed by atoms with E-state index in [4.69, 9.17) is 5.73 Å². The third kappa shape index (κ3) is 3.95. The number of aromatic nitrogens is 1. The van der Waals surface area contributed by atoms with E-state index < -0.39 is 0 Å². The molecule has 3 nitrogen and oxygen atoms in total. The van der Waals surface area contributed by atoms with Gasteiger partial charge in [-0.15, -0.1) is 23.7 Å². The van der Waals surface area contributed by atoms with E-state index in [0.717, 1.165) is 5.01 Å². The highest BCUT2D eigenvalue weighted by Crippen LogP contribution is 2.05. The highest BCUT2D eigenvalue weighted by molar-refractivity contribution is 7.09. The fraction of sp³-hybridized carbons (Fsp3) is 0.333. The van der Waals surface area contributed by atoms with Crippen LogP contribution in [0.1, 0.15) is 11.4 Å². The zero-order chi connectivity index (χ0) is 7.40. The number of nitrogens with two attached hydrogens (primary N) is 1. The molecule has 0 aliphatic heterocycles. The molecule has 1 aromatic heterocycles. The number of hydrogen-bond donors (Lipinski definition) is 1. The summed E-state index contributed by atoms with van der Waals surface area (Å²) in [6, 6.07) is 0. The number of primary amides is 1. The van der Waals surface area contributed by atoms with Crippen LogP contribution < -0.4 is 5.73 Å². The molecule has 0 fully saturated rings. The Balaban J connectivity index is 0.000001000. The first kappa shape index (κ1) is 10.4. The zero-order valence-electron chi connectivity index (χ0n) is 5.82. The summed E-state index contributed by atoms with van der Waals surface area (Å²) in [7, 11) is 0. The van der Waals surface area contributed by atoms with Crippen molar-refractivity contribution in [1.82, 2.24) is 4.98 Å². The largest absolute Gasteiger partial charge is 0.370 e. The first-order valence-electron chi connectivity index (χ1n) is 2.95. The Bertz CT molecular complexity index is 212. The molecule has 2 N–H and O–H groups in total. The summed E-state index contributed by atoms with van der Waals surface area (Å²) in [5.74, 6) is -0.268. The average molecular weight is 193 g/mol. The smallest absolute Gasteiger partial charge is 0.217 e. The molecule has 0 bridgehead atoms. The SMILES string of the molecule is Cl.NC(=O)CCc1nccs1. The highest BCUT2D eigenvalue weighted by atomic mass is 35.5. The third-order valence-corrected chi connectivity index (χ3v) is 1.91. The second kappa shape index (κ2) is 5.09. The molecule has 1 aromatic rings. The van der Waals surface area contributed by atoms with Crippen LogP contribution in [0.3, 0.4) is 0 Å². The van der Waals surface area contributed by atoms with Crippen molar-refractivity contribution in [3.63, 3.8) is 0 Å². The number of thiazole rings is 1. The van der Waals surface area contributed by atoms with Crippen molar-refractivity contribution in [2.75, 3.05) is 0 Å². The second-order valence-corrected chi connectivity index (χ2v) is 2.87. The predicted molar refractivity (Wildman–Crippen MR) is 46.9 cm³/mol. The van der Waals surface area contributed by atoms with Gasteiger partial charge in [-0.2, -0.15) is 0 Å². The number of carbonyl (C=O) groups excluding carboxylic acids is 1. The average Bonchev–Trinajstić information content (AvgIpc) is 2.34. The Hall–Kier alpha value is -0.610. The van der Waals surface area contributed by atoms with Gasteiger partial charge in [-0.3, -0.25) is 4.79 Å². The maximum Gasteiger partial charge on any atom is 0.217 e. The fourth-order valence-corrected chi connectivity index (χ4v) is 1.23. The monoisotopic (exact) mass is 192 g/mol. The van der Waals surface area contributed by atoms with Gasteiger partial charge in [-0.1, -0.05) is 0 Å². The van der Waals surface area contributed by atoms with E-state index in [-0.39, 0.29) is 18.3 Å². The zero-order valence-corrected chi connectivity index (χ0v) is 7.45. The lowest BCUT2D eigenvalue weighted by Gasteiger charge is -1.89. The molecule has 0 saturated heterocycles. The van der Waals surface area contributed by atoms with Crippen LogP contribution in [-0.4, -0.2) is 10.9 Å². The Morgan fingerprint density at radius 3 is 2.91 bits per heavy atom. The predicted octanol–water partition coefficient (Wildman–Crippen LogP) is 0.983. The molecular weight excluding hydrogens is 184 g/mol. The standard InChI is InChI=1S/C6H8N2OS.ClH/c7-5(9)1-2-6-8-3-4-10-6;/h3-4H,1-2H2,(H2,7,9);1H. The summed E-state index contributed by atoms with van der Waals surface area (Å²) in [4.78, 5) is 14.3. The number of nitrogens with zero attached hydrogens (tertiary/aromatic N) is 1. The van der Waals surface area contributed by atoms with Gasteiger partial charge in [0.2, 0.25) is 5.91 Å². The molecule has 0 saturated carbocycles. The van der Waals surface area contributed by atoms with E-state index in [9.17, 15) is 4.79 Å². The van der Waals surface area contributed by atoms with Crippen LogP contribution >= 0.6 is 23.7 Å². The highest BCUT2D eigenvalue weighted by Gasteiger charge is 1.97. The molecule has 11 heavy (non-hydrogen) atoms. The molecule has 5 heteroatoms. The molecule has 1 rings (SSSR count). The maximum absolute atomic E-state index is 10.3. The topological polar surface area (TPSA) is 56.0 Å². The van der Waals surface area contributed by atoms with Crippen LogP contribution in [0.4, 0.5) is 0 Å². The number of halogens is 1. The van der Waals surface area contributed by atoms with Crippen LogP contribution in [0.5, 0.6) is 0 Å². The van der Waals surface area contributed by atoms with Gasteiger partial charge in [0.1, 0.15) is 0 Å². The lowest BCUT2D eigenvalue weighted by molar-refractivity contribution is -0.117. The normalized spacial score (nSPS) is 8.73. The van der Waals surface area contributed by atoms with E-state index in [1.54, 1.807) is 17.5 Å². The van der Waals surface area contributed by atoms with Crippen molar-refractivity contribution in [3.8, 4) is 0 Å².